The number of pyridine rings is 1. The summed E-state index contributed by atoms with van der Waals surface area (Å²) in [6.07, 6.45) is 1.86. The lowest BCUT2D eigenvalue weighted by Gasteiger charge is -2.27. The Morgan fingerprint density at radius 3 is 2.86 bits per heavy atom. The Morgan fingerprint density at radius 1 is 1.32 bits per heavy atom. The van der Waals surface area contributed by atoms with Crippen molar-refractivity contribution in [3.8, 4) is 0 Å². The molecule has 0 aromatic carbocycles. The number of hydrogen-bond donors (Lipinski definition) is 1. The molecule has 2 aliphatic heterocycles. The van der Waals surface area contributed by atoms with Gasteiger partial charge in [-0.1, -0.05) is 24.8 Å². The molecule has 0 spiro atoms. The lowest BCUT2D eigenvalue weighted by Crippen LogP contribution is -2.28. The van der Waals surface area contributed by atoms with Gasteiger partial charge >= 0.3 is 0 Å². The molecule has 0 amide bonds. The smallest absolute Gasteiger partial charge is 0.160 e. The van der Waals surface area contributed by atoms with Gasteiger partial charge in [-0.25, -0.2) is 0 Å². The minimum absolute atomic E-state index is 0.0881. The summed E-state index contributed by atoms with van der Waals surface area (Å²) < 4.78 is 0. The molecule has 22 heavy (non-hydrogen) atoms. The van der Waals surface area contributed by atoms with Gasteiger partial charge in [0.15, 0.2) is 5.17 Å². The number of nitrogens with one attached hydrogen (secondary N) is 1. The maximum atomic E-state index is 5.01. The molecule has 0 radical (unpaired) electrons. The summed E-state index contributed by atoms with van der Waals surface area (Å²) in [6.45, 7) is 7.60. The zero-order valence-corrected chi connectivity index (χ0v) is 13.9. The number of aromatic nitrogens is 2. The summed E-state index contributed by atoms with van der Waals surface area (Å²) >= 11 is 1.88. The van der Waals surface area contributed by atoms with Crippen LogP contribution in [0.2, 0.25) is 0 Å². The second-order valence-electron chi connectivity index (χ2n) is 6.17. The third kappa shape index (κ3) is 2.15. The van der Waals surface area contributed by atoms with Crippen molar-refractivity contribution in [3.05, 3.63) is 53.1 Å². The first-order chi connectivity index (χ1) is 10.6. The standard InChI is InChI=1S/C17H20N4S/c1-10-8-13(12(3)19-10)16-15(14-6-4-5-7-18-14)20-17-21(16)9-11(2)22-17/h4-8,11,15-16,19H,9H2,1-3H3/t11-,15+,16-/m1/s1. The van der Waals surface area contributed by atoms with Gasteiger partial charge in [-0.05, 0) is 37.6 Å². The van der Waals surface area contributed by atoms with Gasteiger partial charge in [0.2, 0.25) is 0 Å². The summed E-state index contributed by atoms with van der Waals surface area (Å²) in [5.74, 6) is 0. The number of fused-ring (bicyclic) bond motifs is 1. The van der Waals surface area contributed by atoms with E-state index in [2.05, 4.69) is 47.8 Å². The van der Waals surface area contributed by atoms with Gasteiger partial charge < -0.3 is 9.88 Å². The molecular formula is C17H20N4S. The molecule has 2 aromatic rings. The van der Waals surface area contributed by atoms with Gasteiger partial charge in [0.1, 0.15) is 6.04 Å². The Labute approximate surface area is 135 Å². The average Bonchev–Trinajstić information content (AvgIpc) is 3.11. The van der Waals surface area contributed by atoms with Crippen LogP contribution in [0.25, 0.3) is 0 Å². The molecule has 0 saturated carbocycles. The van der Waals surface area contributed by atoms with E-state index in [1.165, 1.54) is 22.1 Å². The highest BCUT2D eigenvalue weighted by Gasteiger charge is 2.44. The van der Waals surface area contributed by atoms with Crippen molar-refractivity contribution in [3.63, 3.8) is 0 Å². The minimum atomic E-state index is 0.0881. The number of H-pyrrole nitrogens is 1. The van der Waals surface area contributed by atoms with Crippen LogP contribution in [0.1, 0.15) is 41.7 Å². The number of hydrogen-bond acceptors (Lipinski definition) is 4. The van der Waals surface area contributed by atoms with Crippen molar-refractivity contribution in [2.24, 2.45) is 4.99 Å². The highest BCUT2D eigenvalue weighted by atomic mass is 32.2. The van der Waals surface area contributed by atoms with Crippen molar-refractivity contribution < 1.29 is 0 Å². The summed E-state index contributed by atoms with van der Waals surface area (Å²) in [7, 11) is 0. The molecular weight excluding hydrogens is 292 g/mol. The van der Waals surface area contributed by atoms with Crippen molar-refractivity contribution in [2.75, 3.05) is 6.54 Å². The average molecular weight is 312 g/mol. The number of aromatic amines is 1. The van der Waals surface area contributed by atoms with Crippen LogP contribution in [0.5, 0.6) is 0 Å². The molecule has 1 N–H and O–H groups in total. The fraction of sp³-hybridized carbons (Fsp3) is 0.412. The van der Waals surface area contributed by atoms with E-state index in [9.17, 15) is 0 Å². The van der Waals surface area contributed by atoms with Crippen LogP contribution >= 0.6 is 11.8 Å². The van der Waals surface area contributed by atoms with Gasteiger partial charge in [-0.2, -0.15) is 0 Å². The molecule has 4 rings (SSSR count). The molecule has 3 atom stereocenters. The van der Waals surface area contributed by atoms with Crippen LogP contribution in [0.4, 0.5) is 0 Å². The van der Waals surface area contributed by atoms with Crippen molar-refractivity contribution in [1.82, 2.24) is 14.9 Å². The number of amidine groups is 1. The fourth-order valence-corrected chi connectivity index (χ4v) is 4.60. The molecule has 114 valence electrons. The fourth-order valence-electron chi connectivity index (χ4n) is 3.51. The second kappa shape index (κ2) is 5.16. The third-order valence-electron chi connectivity index (χ3n) is 4.39. The normalized spacial score (nSPS) is 27.1. The maximum absolute atomic E-state index is 5.01. The quantitative estimate of drug-likeness (QED) is 0.921. The zero-order valence-electron chi connectivity index (χ0n) is 13.1. The molecule has 4 nitrogen and oxygen atoms in total. The van der Waals surface area contributed by atoms with Gasteiger partial charge in [-0.3, -0.25) is 9.98 Å². The van der Waals surface area contributed by atoms with E-state index in [0.717, 1.165) is 12.2 Å². The van der Waals surface area contributed by atoms with Gasteiger partial charge in [0.25, 0.3) is 0 Å². The van der Waals surface area contributed by atoms with E-state index in [0.29, 0.717) is 5.25 Å². The Hall–Kier alpha value is -1.75. The Morgan fingerprint density at radius 2 is 2.18 bits per heavy atom. The van der Waals surface area contributed by atoms with Crippen molar-refractivity contribution in [2.45, 2.75) is 38.1 Å². The van der Waals surface area contributed by atoms with E-state index < -0.39 is 0 Å². The molecule has 0 bridgehead atoms. The van der Waals surface area contributed by atoms with Crippen LogP contribution in [0.3, 0.4) is 0 Å². The SMILES string of the molecule is Cc1cc([C@@H]2[C@H](c3ccccn3)N=C3S[C@H](C)CN32)c(C)[nH]1. The number of rotatable bonds is 2. The number of thioether (sulfide) groups is 1. The van der Waals surface area contributed by atoms with E-state index in [-0.39, 0.29) is 12.1 Å². The lowest BCUT2D eigenvalue weighted by molar-refractivity contribution is 0.320. The predicted molar refractivity (Wildman–Crippen MR) is 91.2 cm³/mol. The van der Waals surface area contributed by atoms with E-state index in [1.54, 1.807) is 0 Å². The number of aliphatic imine (C=N–C) groups is 1. The van der Waals surface area contributed by atoms with Crippen molar-refractivity contribution in [1.29, 1.82) is 0 Å². The molecule has 1 fully saturated rings. The van der Waals surface area contributed by atoms with Crippen LogP contribution in [-0.2, 0) is 0 Å². The highest BCUT2D eigenvalue weighted by molar-refractivity contribution is 8.14. The third-order valence-corrected chi connectivity index (χ3v) is 5.49. The lowest BCUT2D eigenvalue weighted by atomic mass is 9.96. The zero-order chi connectivity index (χ0) is 15.3. The Balaban J connectivity index is 1.80. The second-order valence-corrected chi connectivity index (χ2v) is 7.58. The minimum Gasteiger partial charge on any atom is -0.362 e. The molecule has 4 heterocycles. The summed E-state index contributed by atoms with van der Waals surface area (Å²) in [4.78, 5) is 15.5. The largest absolute Gasteiger partial charge is 0.362 e. The number of nitrogens with zero attached hydrogens (tertiary/aromatic N) is 3. The Bertz CT molecular complexity index is 722. The first-order valence-electron chi connectivity index (χ1n) is 7.71. The van der Waals surface area contributed by atoms with Crippen LogP contribution in [0.15, 0.2) is 35.5 Å². The van der Waals surface area contributed by atoms with Gasteiger partial charge in [-0.15, -0.1) is 0 Å². The van der Waals surface area contributed by atoms with Crippen molar-refractivity contribution >= 4 is 16.9 Å². The highest BCUT2D eigenvalue weighted by Crippen LogP contribution is 2.48. The molecule has 2 aliphatic rings. The van der Waals surface area contributed by atoms with E-state index in [1.807, 2.05) is 30.1 Å². The predicted octanol–water partition coefficient (Wildman–Crippen LogP) is 3.62. The van der Waals surface area contributed by atoms with Gasteiger partial charge in [0.05, 0.1) is 11.7 Å². The topological polar surface area (TPSA) is 44.3 Å². The van der Waals surface area contributed by atoms with E-state index in [4.69, 9.17) is 4.99 Å². The van der Waals surface area contributed by atoms with Crippen LogP contribution in [0, 0.1) is 13.8 Å². The Kier molecular flexibility index (Phi) is 3.26. The summed E-state index contributed by atoms with van der Waals surface area (Å²) in [6, 6.07) is 8.71. The van der Waals surface area contributed by atoms with Crippen LogP contribution in [-0.4, -0.2) is 31.8 Å². The van der Waals surface area contributed by atoms with Gasteiger partial charge in [0, 0.05) is 29.4 Å². The molecule has 2 aromatic heterocycles. The van der Waals surface area contributed by atoms with E-state index >= 15 is 0 Å². The first kappa shape index (κ1) is 13.9. The maximum Gasteiger partial charge on any atom is 0.160 e. The molecule has 5 heteroatoms. The molecule has 0 aliphatic carbocycles. The first-order valence-corrected chi connectivity index (χ1v) is 8.59. The van der Waals surface area contributed by atoms with Crippen LogP contribution < -0.4 is 0 Å². The summed E-state index contributed by atoms with van der Waals surface area (Å²) in [5.41, 5.74) is 4.85. The summed E-state index contributed by atoms with van der Waals surface area (Å²) in [5, 5.41) is 1.78. The monoisotopic (exact) mass is 312 g/mol. The molecule has 0 unspecified atom stereocenters. The molecule has 1 saturated heterocycles. The number of aryl methyl sites for hydroxylation is 2.